The van der Waals surface area contributed by atoms with Crippen molar-refractivity contribution >= 4 is 29.2 Å². The van der Waals surface area contributed by atoms with Crippen molar-refractivity contribution in [2.75, 3.05) is 26.1 Å². The van der Waals surface area contributed by atoms with Crippen LogP contribution in [0, 0.1) is 0 Å². The normalized spacial score (nSPS) is 19.5. The molecule has 5 nitrogen and oxygen atoms in total. The standard InChI is InChI=1S/C19H19ClN2O3/c1-22(2)16-10-4-13(5-11-16)12-19(24-3)18(23)25-17(21-19)14-6-8-15(20)9-7-14/h4-11H,12H2,1-3H3. The summed E-state index contributed by atoms with van der Waals surface area (Å²) in [4.78, 5) is 18.9. The highest BCUT2D eigenvalue weighted by Crippen LogP contribution is 2.29. The number of nitrogens with zero attached hydrogens (tertiary/aromatic N) is 2. The number of rotatable bonds is 5. The van der Waals surface area contributed by atoms with Crippen molar-refractivity contribution in [2.45, 2.75) is 12.1 Å². The molecule has 0 spiro atoms. The van der Waals surface area contributed by atoms with E-state index in [9.17, 15) is 4.79 Å². The largest absolute Gasteiger partial charge is 0.403 e. The molecule has 1 atom stereocenters. The Bertz CT molecular complexity index is 800. The Kier molecular flexibility index (Phi) is 4.79. The van der Waals surface area contributed by atoms with Gasteiger partial charge < -0.3 is 14.4 Å². The number of methoxy groups -OCH3 is 1. The fourth-order valence-corrected chi connectivity index (χ4v) is 2.74. The number of benzene rings is 2. The molecule has 1 aliphatic rings. The smallest absolute Gasteiger partial charge is 0.368 e. The molecule has 0 aromatic heterocycles. The molecule has 0 radical (unpaired) electrons. The van der Waals surface area contributed by atoms with Gasteiger partial charge in [-0.1, -0.05) is 23.7 Å². The second-order valence-electron chi connectivity index (χ2n) is 6.04. The van der Waals surface area contributed by atoms with Gasteiger partial charge in [-0.3, -0.25) is 0 Å². The van der Waals surface area contributed by atoms with Crippen LogP contribution in [0.5, 0.6) is 0 Å². The summed E-state index contributed by atoms with van der Waals surface area (Å²) in [6.45, 7) is 0. The Morgan fingerprint density at radius 1 is 1.12 bits per heavy atom. The first-order valence-electron chi connectivity index (χ1n) is 7.83. The number of hydrogen-bond acceptors (Lipinski definition) is 5. The summed E-state index contributed by atoms with van der Waals surface area (Å²) in [5.74, 6) is -0.273. The lowest BCUT2D eigenvalue weighted by atomic mass is 10.0. The maximum atomic E-state index is 12.5. The average Bonchev–Trinajstić information content (AvgIpc) is 2.93. The molecule has 1 aliphatic heterocycles. The van der Waals surface area contributed by atoms with Gasteiger partial charge in [0.1, 0.15) is 0 Å². The minimum Gasteiger partial charge on any atom is -0.403 e. The van der Waals surface area contributed by atoms with E-state index < -0.39 is 11.7 Å². The summed E-state index contributed by atoms with van der Waals surface area (Å²) < 4.78 is 10.8. The van der Waals surface area contributed by atoms with Gasteiger partial charge in [-0.2, -0.15) is 0 Å². The lowest BCUT2D eigenvalue weighted by Gasteiger charge is -2.20. The topological polar surface area (TPSA) is 51.1 Å². The van der Waals surface area contributed by atoms with Gasteiger partial charge >= 0.3 is 5.97 Å². The highest BCUT2D eigenvalue weighted by molar-refractivity contribution is 6.30. The number of carbonyl (C=O) groups is 1. The van der Waals surface area contributed by atoms with Crippen molar-refractivity contribution < 1.29 is 14.3 Å². The SMILES string of the molecule is COC1(Cc2ccc(N(C)C)cc2)N=C(c2ccc(Cl)cc2)OC1=O. The molecular formula is C19H19ClN2O3. The molecule has 1 unspecified atom stereocenters. The third-order valence-corrected chi connectivity index (χ3v) is 4.37. The molecule has 1 heterocycles. The van der Waals surface area contributed by atoms with Gasteiger partial charge in [0.05, 0.1) is 0 Å². The van der Waals surface area contributed by atoms with Gasteiger partial charge in [-0.05, 0) is 42.0 Å². The summed E-state index contributed by atoms with van der Waals surface area (Å²) in [6.07, 6.45) is 0.299. The van der Waals surface area contributed by atoms with E-state index in [0.717, 1.165) is 11.3 Å². The van der Waals surface area contributed by atoms with E-state index in [2.05, 4.69) is 4.99 Å². The maximum absolute atomic E-state index is 12.5. The molecule has 25 heavy (non-hydrogen) atoms. The molecule has 0 saturated heterocycles. The highest BCUT2D eigenvalue weighted by atomic mass is 35.5. The van der Waals surface area contributed by atoms with Crippen LogP contribution in [0.15, 0.2) is 53.5 Å². The Morgan fingerprint density at radius 2 is 1.76 bits per heavy atom. The van der Waals surface area contributed by atoms with Crippen molar-refractivity contribution in [1.82, 2.24) is 0 Å². The Labute approximate surface area is 151 Å². The molecule has 0 amide bonds. The summed E-state index contributed by atoms with van der Waals surface area (Å²) in [6, 6.07) is 14.8. The molecule has 0 N–H and O–H groups in total. The number of ether oxygens (including phenoxy) is 2. The lowest BCUT2D eigenvalue weighted by molar-refractivity contribution is -0.154. The molecule has 6 heteroatoms. The molecular weight excluding hydrogens is 340 g/mol. The number of hydrogen-bond donors (Lipinski definition) is 0. The Balaban J connectivity index is 1.88. The van der Waals surface area contributed by atoms with Gasteiger partial charge in [-0.25, -0.2) is 9.79 Å². The second kappa shape index (κ2) is 6.86. The Morgan fingerprint density at radius 3 is 2.32 bits per heavy atom. The van der Waals surface area contributed by atoms with Gasteiger partial charge in [-0.15, -0.1) is 0 Å². The zero-order valence-electron chi connectivity index (χ0n) is 14.3. The summed E-state index contributed by atoms with van der Waals surface area (Å²) in [5, 5.41) is 0.604. The van der Waals surface area contributed by atoms with Crippen LogP contribution in [0.1, 0.15) is 11.1 Å². The molecule has 3 rings (SSSR count). The highest BCUT2D eigenvalue weighted by Gasteiger charge is 2.47. The van der Waals surface area contributed by atoms with Crippen LogP contribution in [0.2, 0.25) is 5.02 Å². The van der Waals surface area contributed by atoms with E-state index >= 15 is 0 Å². The predicted octanol–water partition coefficient (Wildman–Crippen LogP) is 3.29. The van der Waals surface area contributed by atoms with Gasteiger partial charge in [0.25, 0.3) is 5.72 Å². The van der Waals surface area contributed by atoms with Crippen LogP contribution < -0.4 is 4.90 Å². The number of halogens is 1. The molecule has 2 aromatic carbocycles. The van der Waals surface area contributed by atoms with Gasteiger partial charge in [0.15, 0.2) is 0 Å². The van der Waals surface area contributed by atoms with Crippen LogP contribution in [-0.2, 0) is 20.7 Å². The fourth-order valence-electron chi connectivity index (χ4n) is 2.62. The average molecular weight is 359 g/mol. The monoisotopic (exact) mass is 358 g/mol. The van der Waals surface area contributed by atoms with Crippen LogP contribution in [0.25, 0.3) is 0 Å². The zero-order valence-corrected chi connectivity index (χ0v) is 15.1. The number of carbonyl (C=O) groups excluding carboxylic acids is 1. The fraction of sp³-hybridized carbons (Fsp3) is 0.263. The van der Waals surface area contributed by atoms with Crippen LogP contribution in [0.4, 0.5) is 5.69 Å². The van der Waals surface area contributed by atoms with Crippen LogP contribution in [-0.4, -0.2) is 38.8 Å². The van der Waals surface area contributed by atoms with Gasteiger partial charge in [0.2, 0.25) is 5.90 Å². The minimum atomic E-state index is -1.37. The third kappa shape index (κ3) is 3.52. The molecule has 2 aromatic rings. The van der Waals surface area contributed by atoms with E-state index in [1.54, 1.807) is 24.3 Å². The zero-order chi connectivity index (χ0) is 18.0. The molecule has 0 fully saturated rings. The third-order valence-electron chi connectivity index (χ3n) is 4.12. The van der Waals surface area contributed by atoms with Crippen molar-refractivity contribution in [2.24, 2.45) is 4.99 Å². The first-order valence-corrected chi connectivity index (χ1v) is 8.21. The van der Waals surface area contributed by atoms with E-state index in [4.69, 9.17) is 21.1 Å². The maximum Gasteiger partial charge on any atom is 0.368 e. The number of esters is 1. The van der Waals surface area contributed by atoms with Crippen molar-refractivity contribution in [3.05, 3.63) is 64.7 Å². The van der Waals surface area contributed by atoms with Crippen LogP contribution >= 0.6 is 11.6 Å². The Hall–Kier alpha value is -2.37. The van der Waals surface area contributed by atoms with Gasteiger partial charge in [0, 0.05) is 43.9 Å². The molecule has 0 saturated carbocycles. The lowest BCUT2D eigenvalue weighted by Crippen LogP contribution is -2.38. The first-order chi connectivity index (χ1) is 11.9. The predicted molar refractivity (Wildman–Crippen MR) is 98.3 cm³/mol. The first kappa shape index (κ1) is 17.5. The van der Waals surface area contributed by atoms with E-state index in [1.807, 2.05) is 43.3 Å². The number of aliphatic imine (C=N–C) groups is 1. The van der Waals surface area contributed by atoms with E-state index in [-0.39, 0.29) is 5.90 Å². The molecule has 0 bridgehead atoms. The van der Waals surface area contributed by atoms with Crippen molar-refractivity contribution in [3.63, 3.8) is 0 Å². The van der Waals surface area contributed by atoms with Crippen molar-refractivity contribution in [3.8, 4) is 0 Å². The van der Waals surface area contributed by atoms with Crippen LogP contribution in [0.3, 0.4) is 0 Å². The van der Waals surface area contributed by atoms with Crippen molar-refractivity contribution in [1.29, 1.82) is 0 Å². The number of anilines is 1. The number of cyclic esters (lactones) is 1. The van der Waals surface area contributed by atoms with E-state index in [0.29, 0.717) is 17.0 Å². The summed E-state index contributed by atoms with van der Waals surface area (Å²) in [5.41, 5.74) is 1.33. The molecule has 0 aliphatic carbocycles. The summed E-state index contributed by atoms with van der Waals surface area (Å²) >= 11 is 5.90. The van der Waals surface area contributed by atoms with E-state index in [1.165, 1.54) is 7.11 Å². The second-order valence-corrected chi connectivity index (χ2v) is 6.48. The molecule has 130 valence electrons. The summed E-state index contributed by atoms with van der Waals surface area (Å²) in [7, 11) is 5.41. The minimum absolute atomic E-state index is 0.244. The quantitative estimate of drug-likeness (QED) is 0.769.